The van der Waals surface area contributed by atoms with E-state index in [0.717, 1.165) is 117 Å². The third-order valence-corrected chi connectivity index (χ3v) is 14.9. The van der Waals surface area contributed by atoms with Crippen LogP contribution in [-0.2, 0) is 61.3 Å². The van der Waals surface area contributed by atoms with E-state index < -0.39 is 24.3 Å². The number of fused-ring (bicyclic) bond motifs is 4. The quantitative estimate of drug-likeness (QED) is 0.0808. The number of alkyl halides is 2. The number of amides is 3. The van der Waals surface area contributed by atoms with Gasteiger partial charge in [-0.1, -0.05) is 19.4 Å². The average Bonchev–Trinajstić information content (AvgIpc) is 4.40. The van der Waals surface area contributed by atoms with Gasteiger partial charge < -0.3 is 53.4 Å². The van der Waals surface area contributed by atoms with Crippen molar-refractivity contribution in [2.45, 2.75) is 103 Å². The van der Waals surface area contributed by atoms with Crippen LogP contribution in [0.3, 0.4) is 0 Å². The molecule has 0 bridgehead atoms. The number of carbonyl (C=O) groups is 7. The molecule has 5 aromatic rings. The monoisotopic (exact) mass is 1090 g/mol. The van der Waals surface area contributed by atoms with Gasteiger partial charge in [0.25, 0.3) is 18.2 Å². The zero-order valence-corrected chi connectivity index (χ0v) is 46.4. The number of aldehydes is 4. The van der Waals surface area contributed by atoms with Crippen molar-refractivity contribution in [2.24, 2.45) is 0 Å². The molecule has 19 nitrogen and oxygen atoms in total. The maximum absolute atomic E-state index is 15.1. The Bertz CT molecular complexity index is 2900. The van der Waals surface area contributed by atoms with Gasteiger partial charge in [-0.25, -0.2) is 8.78 Å². The predicted molar refractivity (Wildman–Crippen MR) is 296 cm³/mol. The summed E-state index contributed by atoms with van der Waals surface area (Å²) in [6.45, 7) is 12.0. The van der Waals surface area contributed by atoms with Crippen LogP contribution in [0.25, 0.3) is 22.0 Å². The number of likely N-dealkylation sites (N-methyl/N-ethyl adjacent to an activating group) is 2. The molecule has 5 aliphatic rings. The van der Waals surface area contributed by atoms with Crippen molar-refractivity contribution in [3.63, 3.8) is 0 Å². The maximum Gasteiger partial charge on any atom is 0.264 e. The fourth-order valence-corrected chi connectivity index (χ4v) is 10.9. The highest BCUT2D eigenvalue weighted by molar-refractivity contribution is 6.22. The minimum atomic E-state index is -2.70. The van der Waals surface area contributed by atoms with E-state index in [4.69, 9.17) is 14.6 Å². The number of aromatic nitrogens is 4. The minimum absolute atomic E-state index is 0.0264. The van der Waals surface area contributed by atoms with E-state index >= 15 is 8.78 Å². The summed E-state index contributed by atoms with van der Waals surface area (Å²) in [5.41, 5.74) is 7.42. The number of rotatable bonds is 17. The van der Waals surface area contributed by atoms with E-state index in [1.54, 1.807) is 30.6 Å². The Labute approximate surface area is 460 Å². The van der Waals surface area contributed by atoms with Crippen LogP contribution in [0.2, 0.25) is 0 Å². The largest absolute Gasteiger partial charge is 0.381 e. The van der Waals surface area contributed by atoms with Gasteiger partial charge in [0.2, 0.25) is 5.91 Å². The number of imide groups is 1. The summed E-state index contributed by atoms with van der Waals surface area (Å²) in [5, 5.41) is 8.77. The minimum Gasteiger partial charge on any atom is -0.381 e. The predicted octanol–water partition coefficient (Wildman–Crippen LogP) is 6.27. The molecule has 2 saturated heterocycles. The molecule has 1 unspecified atom stereocenters. The SMILES string of the molecule is CC=O.CCCCN(c1ccc(-c2cn(CC(=O)N3CCN(C)CC3)c3ccncc23)c(C(F)F)c1)c1nn(C2CCOCC2)c2c1CN(C)CC2.CNC.O=CCCC(C=O)N1C(=O)c2cc3c(cc2C1=O)CN(CC=O)C3. The average molecular weight is 1090 g/mol. The molecule has 1 N–H and O–H groups in total. The van der Waals surface area contributed by atoms with Crippen LogP contribution in [0.4, 0.5) is 20.3 Å². The molecule has 3 amide bonds. The standard InChI is InChI=1S/C37H48F2N8O2.C17H16N2O5.C2H7N.C2H4O/c1-4-5-13-46(37-32-23-43(3)14-9-34(32)47(41-37)26-10-19-49-20-11-26)27-6-7-28(29(21-27)36(38)39)31-24-45(33-8-12-40-22-30(31)33)25-35(48)44-17-15-42(2)16-18-44;20-4-1-2-13(10-22)19-16(23)14-6-11-8-18(3-5-21)9-12(11)7-15(14)17(19)24;1-3-2;1-2-3/h6-8,12,21-22,24,26,36H,4-5,9-11,13-20,23,25H2,1-3H3;4-7,10,13H,1-3,8-9H2;3H,1-2H3;2H,1H3. The van der Waals surface area contributed by atoms with Crippen LogP contribution in [0, 0.1) is 0 Å². The first-order valence-corrected chi connectivity index (χ1v) is 27.3. The van der Waals surface area contributed by atoms with Crippen LogP contribution in [0.15, 0.2) is 55.0 Å². The Balaban J connectivity index is 0.000000251. The highest BCUT2D eigenvalue weighted by atomic mass is 19.3. The van der Waals surface area contributed by atoms with Crippen LogP contribution in [-0.4, -0.2) is 180 Å². The first-order chi connectivity index (χ1) is 38.2. The van der Waals surface area contributed by atoms with Gasteiger partial charge in [-0.05, 0) is 108 Å². The number of pyridine rings is 1. The molecule has 0 saturated carbocycles. The van der Waals surface area contributed by atoms with Gasteiger partial charge in [0.15, 0.2) is 5.82 Å². The normalized spacial score (nSPS) is 16.9. The number of piperazine rings is 1. The fourth-order valence-electron chi connectivity index (χ4n) is 10.9. The second-order valence-electron chi connectivity index (χ2n) is 20.5. The Morgan fingerprint density at radius 1 is 0.873 bits per heavy atom. The highest BCUT2D eigenvalue weighted by Crippen LogP contribution is 2.42. The molecule has 5 aliphatic heterocycles. The summed E-state index contributed by atoms with van der Waals surface area (Å²) in [6.07, 6.45) is 10.2. The molecule has 2 aromatic carbocycles. The molecular formula is C58H75F2N11O8. The summed E-state index contributed by atoms with van der Waals surface area (Å²) in [5.74, 6) is -0.111. The second-order valence-corrected chi connectivity index (χ2v) is 20.5. The number of benzene rings is 2. The van der Waals surface area contributed by atoms with E-state index in [0.29, 0.717) is 68.7 Å². The van der Waals surface area contributed by atoms with Crippen molar-refractivity contribution in [1.82, 2.24) is 49.1 Å². The number of hydrogen-bond acceptors (Lipinski definition) is 15. The summed E-state index contributed by atoms with van der Waals surface area (Å²) in [6, 6.07) is 9.99. The number of nitrogens with zero attached hydrogens (tertiary/aromatic N) is 10. The van der Waals surface area contributed by atoms with Gasteiger partial charge in [-0.15, -0.1) is 0 Å². The Hall–Kier alpha value is -6.91. The highest BCUT2D eigenvalue weighted by Gasteiger charge is 2.41. The van der Waals surface area contributed by atoms with Crippen molar-refractivity contribution in [3.8, 4) is 11.1 Å². The number of anilines is 2. The maximum atomic E-state index is 15.1. The van der Waals surface area contributed by atoms with Crippen LogP contribution in [0.1, 0.15) is 114 Å². The van der Waals surface area contributed by atoms with Gasteiger partial charge in [0, 0.05) is 137 Å². The van der Waals surface area contributed by atoms with E-state index in [9.17, 15) is 28.8 Å². The number of unbranched alkanes of at least 4 members (excludes halogenated alkanes) is 1. The second kappa shape index (κ2) is 28.3. The zero-order valence-electron chi connectivity index (χ0n) is 46.4. The van der Waals surface area contributed by atoms with Gasteiger partial charge in [-0.2, -0.15) is 5.10 Å². The van der Waals surface area contributed by atoms with Crippen molar-refractivity contribution in [1.29, 1.82) is 0 Å². The number of hydrogen-bond donors (Lipinski definition) is 1. The topological polar surface area (TPSA) is 196 Å². The van der Waals surface area contributed by atoms with Crippen molar-refractivity contribution in [3.05, 3.63) is 94.1 Å². The summed E-state index contributed by atoms with van der Waals surface area (Å²) >= 11 is 0. The lowest BCUT2D eigenvalue weighted by molar-refractivity contribution is -0.133. The number of nitrogens with one attached hydrogen (secondary N) is 1. The lowest BCUT2D eigenvalue weighted by Crippen LogP contribution is -2.48. The van der Waals surface area contributed by atoms with Crippen LogP contribution in [0.5, 0.6) is 0 Å². The van der Waals surface area contributed by atoms with Gasteiger partial charge in [0.05, 0.1) is 35.3 Å². The molecule has 21 heteroatoms. The van der Waals surface area contributed by atoms with E-state index in [1.165, 1.54) is 18.2 Å². The molecule has 8 heterocycles. The zero-order chi connectivity index (χ0) is 56.8. The summed E-state index contributed by atoms with van der Waals surface area (Å²) in [7, 11) is 7.93. The molecule has 0 spiro atoms. The van der Waals surface area contributed by atoms with Crippen LogP contribution >= 0.6 is 0 Å². The van der Waals surface area contributed by atoms with Gasteiger partial charge >= 0.3 is 0 Å². The van der Waals surface area contributed by atoms with Crippen molar-refractivity contribution < 1.29 is 47.1 Å². The Morgan fingerprint density at radius 3 is 2.15 bits per heavy atom. The van der Waals surface area contributed by atoms with Gasteiger partial charge in [-0.3, -0.25) is 33.8 Å². The Kier molecular flexibility index (Phi) is 21.4. The number of ether oxygens (including phenoxy) is 1. The number of halogens is 2. The summed E-state index contributed by atoms with van der Waals surface area (Å²) < 4.78 is 40.0. The van der Waals surface area contributed by atoms with E-state index in [1.807, 2.05) is 52.9 Å². The van der Waals surface area contributed by atoms with E-state index in [2.05, 4.69) is 50.7 Å². The molecular weight excluding hydrogens is 1020 g/mol. The third-order valence-electron chi connectivity index (χ3n) is 14.9. The molecule has 0 radical (unpaired) electrons. The fraction of sp³-hybridized carbons (Fsp3) is 0.500. The molecule has 2 fully saturated rings. The molecule has 0 aliphatic carbocycles. The van der Waals surface area contributed by atoms with Gasteiger partial charge in [0.1, 0.15) is 31.7 Å². The third kappa shape index (κ3) is 13.8. The smallest absolute Gasteiger partial charge is 0.264 e. The number of carbonyl (C=O) groups excluding carboxylic acids is 7. The summed E-state index contributed by atoms with van der Waals surface area (Å²) in [4.78, 5) is 95.4. The molecule has 79 heavy (non-hydrogen) atoms. The molecule has 424 valence electrons. The van der Waals surface area contributed by atoms with E-state index in [-0.39, 0.29) is 48.0 Å². The lowest BCUT2D eigenvalue weighted by atomic mass is 9.98. The Morgan fingerprint density at radius 2 is 1.54 bits per heavy atom. The first-order valence-electron chi connectivity index (χ1n) is 27.3. The van der Waals surface area contributed by atoms with Crippen molar-refractivity contribution >= 4 is 65.3 Å². The molecule has 10 rings (SSSR count). The lowest BCUT2D eigenvalue weighted by Gasteiger charge is -2.32. The van der Waals surface area contributed by atoms with Crippen LogP contribution < -0.4 is 10.2 Å². The first kappa shape index (κ1) is 59.7. The van der Waals surface area contributed by atoms with Crippen molar-refractivity contribution in [2.75, 3.05) is 92.1 Å². The molecule has 3 aromatic heterocycles. The molecule has 1 atom stereocenters.